The molecule has 0 aliphatic carbocycles. The number of hydrogen-bond donors (Lipinski definition) is 1. The molecule has 0 spiro atoms. The van der Waals surface area contributed by atoms with Gasteiger partial charge in [0.2, 0.25) is 0 Å². The number of carboxylic acids is 1. The van der Waals surface area contributed by atoms with E-state index in [9.17, 15) is 19.8 Å². The number of aliphatic hydroxyl groups is 1. The molecule has 0 radical (unpaired) electrons. The summed E-state index contributed by atoms with van der Waals surface area (Å²) in [5.74, 6) is -1.41. The van der Waals surface area contributed by atoms with Crippen molar-refractivity contribution >= 4 is 11.9 Å². The molecule has 0 amide bonds. The minimum Gasteiger partial charge on any atom is -0.544 e. The Hall–Kier alpha value is -1.70. The summed E-state index contributed by atoms with van der Waals surface area (Å²) in [5.41, 5.74) is 0. The monoisotopic (exact) mass is 609 g/mol. The van der Waals surface area contributed by atoms with Gasteiger partial charge in [-0.25, -0.2) is 0 Å². The molecule has 2 atom stereocenters. The van der Waals surface area contributed by atoms with Crippen molar-refractivity contribution in [3.8, 4) is 0 Å². The fourth-order valence-electron chi connectivity index (χ4n) is 5.04. The lowest BCUT2D eigenvalue weighted by Gasteiger charge is -2.34. The van der Waals surface area contributed by atoms with Crippen molar-refractivity contribution in [3.63, 3.8) is 0 Å². The molecule has 1 N–H and O–H groups in total. The van der Waals surface area contributed by atoms with Crippen molar-refractivity contribution in [2.45, 2.75) is 154 Å². The van der Waals surface area contributed by atoms with E-state index >= 15 is 0 Å². The first-order chi connectivity index (χ1) is 20.7. The van der Waals surface area contributed by atoms with E-state index in [0.29, 0.717) is 6.42 Å². The standard InChI is InChI=1S/C36H67NO6/c1-5-6-7-8-9-10-11-12-13-14-15-16-17-18-19-20-21-22-23-24-25-26-27-28-35(39)43-32-33(38)31-42-30-29-34(36(40)41)37(2,3)4/h11-12,14-15,33-34,38H,5-10,13,16-32H2,1-4H3/b12-11-,15-14-. The first-order valence-corrected chi connectivity index (χ1v) is 17.4. The average molecular weight is 610 g/mol. The number of nitrogens with zero attached hydrogens (tertiary/aromatic N) is 1. The lowest BCUT2D eigenvalue weighted by Crippen LogP contribution is -2.55. The van der Waals surface area contributed by atoms with Gasteiger partial charge in [0.1, 0.15) is 18.8 Å². The number of quaternary nitrogens is 1. The molecule has 0 aliphatic heterocycles. The molecule has 0 aliphatic rings. The first-order valence-electron chi connectivity index (χ1n) is 17.4. The van der Waals surface area contributed by atoms with Gasteiger partial charge in [-0.2, -0.15) is 0 Å². The van der Waals surface area contributed by atoms with Crippen LogP contribution in [0.2, 0.25) is 0 Å². The molecule has 2 unspecified atom stereocenters. The zero-order valence-electron chi connectivity index (χ0n) is 28.4. The molecule has 0 aromatic carbocycles. The number of ether oxygens (including phenoxy) is 2. The van der Waals surface area contributed by atoms with Crippen molar-refractivity contribution in [2.24, 2.45) is 0 Å². The second-order valence-electron chi connectivity index (χ2n) is 13.0. The van der Waals surface area contributed by atoms with E-state index in [0.717, 1.165) is 25.7 Å². The van der Waals surface area contributed by atoms with Gasteiger partial charge in [-0.3, -0.25) is 4.79 Å². The van der Waals surface area contributed by atoms with E-state index in [1.165, 1.54) is 96.3 Å². The summed E-state index contributed by atoms with van der Waals surface area (Å²) in [5, 5.41) is 21.2. The van der Waals surface area contributed by atoms with Crippen LogP contribution >= 0.6 is 0 Å². The summed E-state index contributed by atoms with van der Waals surface area (Å²) in [6.45, 7) is 2.35. The molecule has 0 aromatic rings. The fraction of sp³-hybridized carbons (Fsp3) is 0.833. The summed E-state index contributed by atoms with van der Waals surface area (Å²) in [4.78, 5) is 23.2. The lowest BCUT2D eigenvalue weighted by atomic mass is 10.0. The van der Waals surface area contributed by atoms with Crippen LogP contribution in [0.25, 0.3) is 0 Å². The molecule has 0 bridgehead atoms. The number of allylic oxidation sites excluding steroid dienone is 4. The zero-order valence-corrected chi connectivity index (χ0v) is 28.4. The molecule has 0 aromatic heterocycles. The summed E-state index contributed by atoms with van der Waals surface area (Å²) >= 11 is 0. The zero-order chi connectivity index (χ0) is 32.0. The second kappa shape index (κ2) is 29.0. The van der Waals surface area contributed by atoms with E-state index in [2.05, 4.69) is 31.2 Å². The number of unbranched alkanes of at least 4 members (excludes halogenated alkanes) is 16. The van der Waals surface area contributed by atoms with Gasteiger partial charge < -0.3 is 29.0 Å². The fourth-order valence-corrected chi connectivity index (χ4v) is 5.04. The van der Waals surface area contributed by atoms with Gasteiger partial charge in [0.05, 0.1) is 40.3 Å². The highest BCUT2D eigenvalue weighted by Crippen LogP contribution is 2.13. The van der Waals surface area contributed by atoms with Gasteiger partial charge in [0.15, 0.2) is 0 Å². The smallest absolute Gasteiger partial charge is 0.305 e. The number of rotatable bonds is 31. The molecule has 0 saturated carbocycles. The number of hydrogen-bond acceptors (Lipinski definition) is 6. The molecule has 7 heteroatoms. The third-order valence-corrected chi connectivity index (χ3v) is 7.82. The quantitative estimate of drug-likeness (QED) is 0.0391. The highest BCUT2D eigenvalue weighted by Gasteiger charge is 2.24. The number of carbonyl (C=O) groups is 2. The van der Waals surface area contributed by atoms with Crippen molar-refractivity contribution in [1.82, 2.24) is 0 Å². The molecule has 0 heterocycles. The van der Waals surface area contributed by atoms with Crippen LogP contribution in [0.15, 0.2) is 24.3 Å². The number of carboxylic acid groups (broad SMARTS) is 1. The Morgan fingerprint density at radius 3 is 1.70 bits per heavy atom. The first kappa shape index (κ1) is 41.3. The topological polar surface area (TPSA) is 95.9 Å². The van der Waals surface area contributed by atoms with Gasteiger partial charge in [0.25, 0.3) is 0 Å². The largest absolute Gasteiger partial charge is 0.544 e. The van der Waals surface area contributed by atoms with E-state index in [4.69, 9.17) is 9.47 Å². The van der Waals surface area contributed by atoms with Crippen molar-refractivity contribution in [2.75, 3.05) is 41.0 Å². The maximum atomic E-state index is 11.9. The Bertz CT molecular complexity index is 715. The van der Waals surface area contributed by atoms with Crippen LogP contribution < -0.4 is 5.11 Å². The predicted molar refractivity (Wildman–Crippen MR) is 176 cm³/mol. The van der Waals surface area contributed by atoms with Gasteiger partial charge >= 0.3 is 5.97 Å². The van der Waals surface area contributed by atoms with Gasteiger partial charge in [0, 0.05) is 12.8 Å². The van der Waals surface area contributed by atoms with Crippen LogP contribution in [0, 0.1) is 0 Å². The van der Waals surface area contributed by atoms with Crippen LogP contribution in [0.3, 0.4) is 0 Å². The summed E-state index contributed by atoms with van der Waals surface area (Å²) < 4.78 is 10.7. The van der Waals surface area contributed by atoms with Gasteiger partial charge in [-0.05, 0) is 38.5 Å². The molecule has 43 heavy (non-hydrogen) atoms. The van der Waals surface area contributed by atoms with Crippen molar-refractivity contribution in [3.05, 3.63) is 24.3 Å². The minimum absolute atomic E-state index is 0.00101. The van der Waals surface area contributed by atoms with E-state index in [1.54, 1.807) is 21.1 Å². The molecule has 0 fully saturated rings. The Morgan fingerprint density at radius 2 is 1.21 bits per heavy atom. The maximum Gasteiger partial charge on any atom is 0.305 e. The molecule has 0 rings (SSSR count). The Balaban J connectivity index is 3.45. The number of likely N-dealkylation sites (N-methyl/N-ethyl adjacent to an activating group) is 1. The van der Waals surface area contributed by atoms with Crippen LogP contribution in [0.4, 0.5) is 0 Å². The average Bonchev–Trinajstić information content (AvgIpc) is 2.95. The maximum absolute atomic E-state index is 11.9. The number of aliphatic hydroxyl groups excluding tert-OH is 1. The third kappa shape index (κ3) is 28.8. The third-order valence-electron chi connectivity index (χ3n) is 7.82. The molecule has 7 nitrogen and oxygen atoms in total. The Kier molecular flexibility index (Phi) is 27.9. The Labute approximate surface area is 264 Å². The van der Waals surface area contributed by atoms with Gasteiger partial charge in [-0.1, -0.05) is 115 Å². The van der Waals surface area contributed by atoms with Crippen LogP contribution in [0.1, 0.15) is 142 Å². The predicted octanol–water partition coefficient (Wildman–Crippen LogP) is 7.06. The Morgan fingerprint density at radius 1 is 0.721 bits per heavy atom. The number of esters is 1. The normalized spacial score (nSPS) is 13.6. The van der Waals surface area contributed by atoms with Gasteiger partial charge in [-0.15, -0.1) is 0 Å². The molecular formula is C36H67NO6. The van der Waals surface area contributed by atoms with E-state index < -0.39 is 18.1 Å². The highest BCUT2D eigenvalue weighted by atomic mass is 16.5. The SMILES string of the molecule is CCCCCCC/C=C\C/C=C\CCCCCCCCCCCCCC(=O)OCC(O)COCCC(C(=O)[O-])[N+](C)(C)C. The summed E-state index contributed by atoms with van der Waals surface area (Å²) in [6.07, 6.45) is 32.8. The molecule has 0 saturated heterocycles. The number of carbonyl (C=O) groups excluding carboxylic acids is 2. The van der Waals surface area contributed by atoms with E-state index in [1.807, 2.05) is 0 Å². The highest BCUT2D eigenvalue weighted by molar-refractivity contribution is 5.69. The summed E-state index contributed by atoms with van der Waals surface area (Å²) in [7, 11) is 5.36. The van der Waals surface area contributed by atoms with Crippen LogP contribution in [-0.2, 0) is 19.1 Å². The minimum atomic E-state index is -1.12. The van der Waals surface area contributed by atoms with Crippen molar-refractivity contribution < 1.29 is 33.8 Å². The van der Waals surface area contributed by atoms with E-state index in [-0.39, 0.29) is 36.7 Å². The number of aliphatic carboxylic acids is 1. The summed E-state index contributed by atoms with van der Waals surface area (Å²) in [6, 6.07) is -0.685. The van der Waals surface area contributed by atoms with Crippen LogP contribution in [0.5, 0.6) is 0 Å². The lowest BCUT2D eigenvalue weighted by molar-refractivity contribution is -0.889. The van der Waals surface area contributed by atoms with Crippen molar-refractivity contribution in [1.29, 1.82) is 0 Å². The molecule has 252 valence electrons. The second-order valence-corrected chi connectivity index (χ2v) is 13.0. The van der Waals surface area contributed by atoms with Crippen LogP contribution in [-0.4, -0.2) is 74.6 Å². The molecular weight excluding hydrogens is 542 g/mol.